The summed E-state index contributed by atoms with van der Waals surface area (Å²) in [4.78, 5) is 14.5. The minimum atomic E-state index is -0.513. The number of rotatable bonds is 8. The van der Waals surface area contributed by atoms with Crippen LogP contribution in [0.2, 0.25) is 0 Å². The van der Waals surface area contributed by atoms with E-state index in [1.54, 1.807) is 12.1 Å². The van der Waals surface area contributed by atoms with E-state index in [2.05, 4.69) is 25.7 Å². The van der Waals surface area contributed by atoms with Crippen molar-refractivity contribution in [3.8, 4) is 5.75 Å². The quantitative estimate of drug-likeness (QED) is 0.683. The molecule has 0 unspecified atom stereocenters. The Morgan fingerprint density at radius 2 is 2.05 bits per heavy atom. The van der Waals surface area contributed by atoms with E-state index >= 15 is 0 Å². The number of halogens is 1. The van der Waals surface area contributed by atoms with E-state index in [0.29, 0.717) is 24.8 Å². The molecule has 112 valence electrons. The van der Waals surface area contributed by atoms with Gasteiger partial charge in [-0.25, -0.2) is 4.39 Å². The zero-order valence-corrected chi connectivity index (χ0v) is 12.8. The lowest BCUT2D eigenvalue weighted by molar-refractivity contribution is 0.0948. The Morgan fingerprint density at radius 1 is 1.35 bits per heavy atom. The first-order valence-electron chi connectivity index (χ1n) is 7.11. The van der Waals surface area contributed by atoms with Gasteiger partial charge in [-0.1, -0.05) is 13.0 Å². The highest BCUT2D eigenvalue weighted by molar-refractivity contribution is 5.99. The van der Waals surface area contributed by atoms with Gasteiger partial charge in [0.2, 0.25) is 0 Å². The van der Waals surface area contributed by atoms with Crippen molar-refractivity contribution in [2.75, 3.05) is 20.2 Å². The smallest absolute Gasteiger partial charge is 0.170 e. The van der Waals surface area contributed by atoms with Gasteiger partial charge in [0, 0.05) is 19.0 Å². The zero-order valence-electron chi connectivity index (χ0n) is 12.8. The van der Waals surface area contributed by atoms with Crippen LogP contribution in [0.1, 0.15) is 44.0 Å². The van der Waals surface area contributed by atoms with Crippen LogP contribution in [-0.2, 0) is 0 Å². The summed E-state index contributed by atoms with van der Waals surface area (Å²) in [5, 5.41) is 0. The molecule has 0 aromatic heterocycles. The third-order valence-electron chi connectivity index (χ3n) is 3.34. The molecule has 0 bridgehead atoms. The summed E-state index contributed by atoms with van der Waals surface area (Å²) in [5.74, 6) is -0.413. The second kappa shape index (κ2) is 8.00. The maximum absolute atomic E-state index is 13.8. The van der Waals surface area contributed by atoms with E-state index in [-0.39, 0.29) is 11.3 Å². The number of benzene rings is 1. The van der Waals surface area contributed by atoms with Gasteiger partial charge in [0.1, 0.15) is 11.6 Å². The predicted octanol–water partition coefficient (Wildman–Crippen LogP) is 3.53. The second-order valence-electron chi connectivity index (χ2n) is 5.12. The SMILES string of the molecule is CCCN(CCC(=O)c1c(F)cccc1OC)C(C)C. The van der Waals surface area contributed by atoms with E-state index in [1.807, 2.05) is 0 Å². The Kier molecular flexibility index (Phi) is 6.65. The van der Waals surface area contributed by atoms with Gasteiger partial charge >= 0.3 is 0 Å². The summed E-state index contributed by atoms with van der Waals surface area (Å²) in [6, 6.07) is 4.83. The molecule has 0 spiro atoms. The lowest BCUT2D eigenvalue weighted by Crippen LogP contribution is -2.33. The topological polar surface area (TPSA) is 29.5 Å². The monoisotopic (exact) mass is 281 g/mol. The van der Waals surface area contributed by atoms with E-state index < -0.39 is 5.82 Å². The minimum absolute atomic E-state index is 0.0650. The highest BCUT2D eigenvalue weighted by Gasteiger charge is 2.18. The van der Waals surface area contributed by atoms with E-state index in [0.717, 1.165) is 13.0 Å². The molecule has 0 atom stereocenters. The molecule has 4 heteroatoms. The molecule has 0 saturated carbocycles. The maximum Gasteiger partial charge on any atom is 0.170 e. The molecule has 0 N–H and O–H groups in total. The third kappa shape index (κ3) is 4.30. The summed E-state index contributed by atoms with van der Waals surface area (Å²) in [6.07, 6.45) is 1.34. The van der Waals surface area contributed by atoms with Crippen molar-refractivity contribution in [1.29, 1.82) is 0 Å². The second-order valence-corrected chi connectivity index (χ2v) is 5.12. The van der Waals surface area contributed by atoms with Crippen molar-refractivity contribution >= 4 is 5.78 Å². The summed E-state index contributed by atoms with van der Waals surface area (Å²) in [7, 11) is 1.45. The third-order valence-corrected chi connectivity index (χ3v) is 3.34. The van der Waals surface area contributed by atoms with Gasteiger partial charge in [-0.2, -0.15) is 0 Å². The average Bonchev–Trinajstić information content (AvgIpc) is 2.42. The Balaban J connectivity index is 2.76. The van der Waals surface area contributed by atoms with E-state index in [1.165, 1.54) is 13.2 Å². The average molecular weight is 281 g/mol. The number of hydrogen-bond acceptors (Lipinski definition) is 3. The van der Waals surface area contributed by atoms with Crippen LogP contribution < -0.4 is 4.74 Å². The van der Waals surface area contributed by atoms with Crippen LogP contribution in [0.15, 0.2) is 18.2 Å². The van der Waals surface area contributed by atoms with Gasteiger partial charge < -0.3 is 9.64 Å². The number of hydrogen-bond donors (Lipinski definition) is 0. The first-order valence-corrected chi connectivity index (χ1v) is 7.11. The fourth-order valence-corrected chi connectivity index (χ4v) is 2.23. The number of ether oxygens (including phenoxy) is 1. The van der Waals surface area contributed by atoms with Gasteiger partial charge in [-0.3, -0.25) is 4.79 Å². The normalized spacial score (nSPS) is 11.2. The Bertz CT molecular complexity index is 446. The lowest BCUT2D eigenvalue weighted by Gasteiger charge is -2.25. The van der Waals surface area contributed by atoms with Crippen LogP contribution >= 0.6 is 0 Å². The maximum atomic E-state index is 13.8. The summed E-state index contributed by atoms with van der Waals surface area (Å²) in [6.45, 7) is 7.89. The van der Waals surface area contributed by atoms with Crippen molar-refractivity contribution in [3.05, 3.63) is 29.6 Å². The van der Waals surface area contributed by atoms with Crippen molar-refractivity contribution < 1.29 is 13.9 Å². The van der Waals surface area contributed by atoms with Gasteiger partial charge in [0.05, 0.1) is 12.7 Å². The highest BCUT2D eigenvalue weighted by atomic mass is 19.1. The number of methoxy groups -OCH3 is 1. The Morgan fingerprint density at radius 3 is 2.60 bits per heavy atom. The first kappa shape index (κ1) is 16.6. The largest absolute Gasteiger partial charge is 0.496 e. The van der Waals surface area contributed by atoms with Crippen molar-refractivity contribution in [1.82, 2.24) is 4.90 Å². The van der Waals surface area contributed by atoms with E-state index in [4.69, 9.17) is 4.74 Å². The summed E-state index contributed by atoms with van der Waals surface area (Å²) >= 11 is 0. The molecule has 20 heavy (non-hydrogen) atoms. The van der Waals surface area contributed by atoms with Gasteiger partial charge in [0.25, 0.3) is 0 Å². The number of ketones is 1. The summed E-state index contributed by atoms with van der Waals surface area (Å²) in [5.41, 5.74) is 0.0650. The number of Topliss-reactive ketones (excluding diaryl/α,β-unsaturated/α-hetero) is 1. The molecule has 0 aliphatic rings. The fourth-order valence-electron chi connectivity index (χ4n) is 2.23. The summed E-state index contributed by atoms with van der Waals surface area (Å²) < 4.78 is 18.9. The predicted molar refractivity (Wildman–Crippen MR) is 78.9 cm³/mol. The molecule has 3 nitrogen and oxygen atoms in total. The standard InChI is InChI=1S/C16H24FNO2/c1-5-10-18(12(2)3)11-9-14(19)16-13(17)7-6-8-15(16)20-4/h6-8,12H,5,9-11H2,1-4H3. The highest BCUT2D eigenvalue weighted by Crippen LogP contribution is 2.22. The van der Waals surface area contributed by atoms with Gasteiger partial charge in [-0.05, 0) is 38.9 Å². The molecule has 0 radical (unpaired) electrons. The van der Waals surface area contributed by atoms with Crippen molar-refractivity contribution in [2.24, 2.45) is 0 Å². The van der Waals surface area contributed by atoms with Gasteiger partial charge in [-0.15, -0.1) is 0 Å². The van der Waals surface area contributed by atoms with Crippen molar-refractivity contribution in [3.63, 3.8) is 0 Å². The van der Waals surface area contributed by atoms with Crippen LogP contribution in [0.25, 0.3) is 0 Å². The minimum Gasteiger partial charge on any atom is -0.496 e. The Labute approximate surface area is 120 Å². The first-order chi connectivity index (χ1) is 9.51. The number of nitrogens with zero attached hydrogens (tertiary/aromatic N) is 1. The van der Waals surface area contributed by atoms with E-state index in [9.17, 15) is 9.18 Å². The number of carbonyl (C=O) groups excluding carboxylic acids is 1. The molecule has 0 heterocycles. The van der Waals surface area contributed by atoms with Crippen LogP contribution in [-0.4, -0.2) is 36.9 Å². The van der Waals surface area contributed by atoms with Crippen LogP contribution in [0.5, 0.6) is 5.75 Å². The van der Waals surface area contributed by atoms with Crippen LogP contribution in [0.4, 0.5) is 4.39 Å². The van der Waals surface area contributed by atoms with Crippen LogP contribution in [0, 0.1) is 5.82 Å². The molecule has 0 saturated heterocycles. The van der Waals surface area contributed by atoms with Crippen LogP contribution in [0.3, 0.4) is 0 Å². The molecule has 0 aliphatic carbocycles. The number of carbonyl (C=O) groups is 1. The van der Waals surface area contributed by atoms with Crippen molar-refractivity contribution in [2.45, 2.75) is 39.7 Å². The zero-order chi connectivity index (χ0) is 15.1. The van der Waals surface area contributed by atoms with Gasteiger partial charge in [0.15, 0.2) is 5.78 Å². The molecule has 0 fully saturated rings. The molecular weight excluding hydrogens is 257 g/mol. The molecule has 1 aromatic carbocycles. The molecule has 1 rings (SSSR count). The Hall–Kier alpha value is -1.42. The molecule has 0 amide bonds. The fraction of sp³-hybridized carbons (Fsp3) is 0.562. The lowest BCUT2D eigenvalue weighted by atomic mass is 10.1. The molecule has 0 aliphatic heterocycles. The molecular formula is C16H24FNO2. The molecule has 1 aromatic rings.